The Bertz CT molecular complexity index is 1470. The summed E-state index contributed by atoms with van der Waals surface area (Å²) in [5.41, 5.74) is 2.46. The van der Waals surface area contributed by atoms with Crippen molar-refractivity contribution in [2.75, 3.05) is 26.2 Å². The number of imidazole rings is 1. The molecule has 2 heterocycles. The zero-order valence-electron chi connectivity index (χ0n) is 24.0. The van der Waals surface area contributed by atoms with Crippen LogP contribution in [0.15, 0.2) is 48.7 Å². The Balaban J connectivity index is 1.46. The van der Waals surface area contributed by atoms with Crippen molar-refractivity contribution < 1.29 is 32.3 Å². The molecule has 4 rings (SSSR count). The van der Waals surface area contributed by atoms with Crippen molar-refractivity contribution in [3.05, 3.63) is 70.6 Å². The number of rotatable bonds is 12. The van der Waals surface area contributed by atoms with Crippen LogP contribution in [0.2, 0.25) is 5.02 Å². The summed E-state index contributed by atoms with van der Waals surface area (Å²) in [6.07, 6.45) is -3.45. The minimum atomic E-state index is -4.57. The highest BCUT2D eigenvalue weighted by molar-refractivity contribution is 6.32. The molecule has 0 radical (unpaired) electrons. The number of amides is 2. The second kappa shape index (κ2) is 13.6. The highest BCUT2D eigenvalue weighted by Gasteiger charge is 2.38. The molecule has 2 N–H and O–H groups in total. The molecule has 13 heteroatoms. The lowest BCUT2D eigenvalue weighted by Gasteiger charge is -2.30. The zero-order valence-corrected chi connectivity index (χ0v) is 24.8. The summed E-state index contributed by atoms with van der Waals surface area (Å²) in [6.45, 7) is 4.48. The van der Waals surface area contributed by atoms with Crippen LogP contribution in [0.3, 0.4) is 0 Å². The molecule has 0 bridgehead atoms. The van der Waals surface area contributed by atoms with Crippen LogP contribution >= 0.6 is 11.6 Å². The number of likely N-dealkylation sites (tertiary alicyclic amines) is 1. The van der Waals surface area contributed by atoms with Gasteiger partial charge in [-0.3, -0.25) is 19.3 Å². The Labute approximate surface area is 252 Å². The number of aromatic nitrogens is 2. The van der Waals surface area contributed by atoms with Crippen molar-refractivity contribution in [1.29, 1.82) is 0 Å². The molecule has 1 unspecified atom stereocenters. The van der Waals surface area contributed by atoms with E-state index in [1.807, 2.05) is 29.2 Å². The van der Waals surface area contributed by atoms with Gasteiger partial charge in [-0.05, 0) is 56.6 Å². The highest BCUT2D eigenvalue weighted by Crippen LogP contribution is 2.30. The molecule has 1 aliphatic rings. The monoisotopic (exact) mass is 619 g/mol. The smallest absolute Gasteiger partial charge is 0.425 e. The molecule has 1 saturated heterocycles. The van der Waals surface area contributed by atoms with Crippen LogP contribution in [0.1, 0.15) is 46.8 Å². The summed E-state index contributed by atoms with van der Waals surface area (Å²) < 4.78 is 45.3. The molecule has 1 aliphatic heterocycles. The van der Waals surface area contributed by atoms with Crippen molar-refractivity contribution in [2.45, 2.75) is 45.0 Å². The standard InChI is InChI=1S/C30H33ClF3N5O4/c1-18(40)28-37-25(16-38(28)3)21-7-5-20(6-8-21)13-23(15-35-27(41)17-39-11-4-12-39)36-29(42)22-9-10-26(24(31)14-22)43-19(2)30(32,33)34/h5-10,14,16,19,23H,4,11-13,15,17H2,1-3H3,(H,35,41)(H,36,42)/t19-,23?/m1/s1. The Hall–Kier alpha value is -3.90. The minimum Gasteiger partial charge on any atom is -0.480 e. The SMILES string of the molecule is CC(=O)c1nc(-c2ccc(CC(CNC(=O)CN3CCC3)NC(=O)c3ccc(O[C@H](C)C(F)(F)F)c(Cl)c3)cc2)cn1C. The van der Waals surface area contributed by atoms with Gasteiger partial charge in [0.15, 0.2) is 17.7 Å². The fraction of sp³-hybridized carbons (Fsp3) is 0.400. The van der Waals surface area contributed by atoms with Crippen molar-refractivity contribution in [1.82, 2.24) is 25.1 Å². The van der Waals surface area contributed by atoms with Crippen molar-refractivity contribution >= 4 is 29.2 Å². The van der Waals surface area contributed by atoms with E-state index in [2.05, 4.69) is 15.6 Å². The van der Waals surface area contributed by atoms with Crippen LogP contribution in [0.25, 0.3) is 11.3 Å². The first-order chi connectivity index (χ1) is 20.3. The van der Waals surface area contributed by atoms with Gasteiger partial charge < -0.3 is 19.9 Å². The quantitative estimate of drug-likeness (QED) is 0.291. The maximum atomic E-state index is 13.1. The van der Waals surface area contributed by atoms with Gasteiger partial charge in [0, 0.05) is 37.8 Å². The Morgan fingerprint density at radius 1 is 1.12 bits per heavy atom. The first-order valence-corrected chi connectivity index (χ1v) is 14.1. The van der Waals surface area contributed by atoms with Gasteiger partial charge in [0.1, 0.15) is 5.75 Å². The highest BCUT2D eigenvalue weighted by atomic mass is 35.5. The molecule has 2 amide bonds. The number of hydrogen-bond acceptors (Lipinski definition) is 6. The van der Waals surface area contributed by atoms with Gasteiger partial charge in [0.2, 0.25) is 5.91 Å². The fourth-order valence-corrected chi connectivity index (χ4v) is 4.73. The predicted octanol–water partition coefficient (Wildman–Crippen LogP) is 4.44. The lowest BCUT2D eigenvalue weighted by molar-refractivity contribution is -0.189. The van der Waals surface area contributed by atoms with Crippen LogP contribution in [-0.4, -0.2) is 76.5 Å². The van der Waals surface area contributed by atoms with E-state index in [4.69, 9.17) is 16.3 Å². The molecular formula is C30H33ClF3N5O4. The molecule has 230 valence electrons. The molecule has 0 saturated carbocycles. The van der Waals surface area contributed by atoms with Crippen molar-refractivity contribution in [3.8, 4) is 17.0 Å². The summed E-state index contributed by atoms with van der Waals surface area (Å²) in [7, 11) is 1.75. The number of ether oxygens (including phenoxy) is 1. The summed E-state index contributed by atoms with van der Waals surface area (Å²) in [5.74, 6) is -0.652. The summed E-state index contributed by atoms with van der Waals surface area (Å²) in [6, 6.07) is 10.8. The topological polar surface area (TPSA) is 106 Å². The minimum absolute atomic E-state index is 0.126. The van der Waals surface area contributed by atoms with Crippen LogP contribution in [0.4, 0.5) is 13.2 Å². The first-order valence-electron chi connectivity index (χ1n) is 13.8. The summed E-state index contributed by atoms with van der Waals surface area (Å²) >= 11 is 6.14. The summed E-state index contributed by atoms with van der Waals surface area (Å²) in [5, 5.41) is 5.64. The lowest BCUT2D eigenvalue weighted by Crippen LogP contribution is -2.49. The third kappa shape index (κ3) is 8.57. The van der Waals surface area contributed by atoms with E-state index >= 15 is 0 Å². The number of aryl methyl sites for hydroxylation is 1. The number of nitrogens with zero attached hydrogens (tertiary/aromatic N) is 3. The van der Waals surface area contributed by atoms with E-state index in [9.17, 15) is 27.6 Å². The number of alkyl halides is 3. The third-order valence-corrected chi connectivity index (χ3v) is 7.37. The van der Waals surface area contributed by atoms with Gasteiger partial charge in [-0.1, -0.05) is 35.9 Å². The number of carbonyl (C=O) groups is 3. The fourth-order valence-electron chi connectivity index (χ4n) is 4.50. The van der Waals surface area contributed by atoms with E-state index in [0.717, 1.165) is 37.6 Å². The van der Waals surface area contributed by atoms with E-state index in [0.29, 0.717) is 17.9 Å². The third-order valence-electron chi connectivity index (χ3n) is 7.08. The predicted molar refractivity (Wildman–Crippen MR) is 155 cm³/mol. The number of nitrogens with one attached hydrogen (secondary N) is 2. The van der Waals surface area contributed by atoms with E-state index < -0.39 is 24.2 Å². The number of ketones is 1. The molecule has 0 spiro atoms. The average Bonchev–Trinajstić information content (AvgIpc) is 3.32. The largest absolute Gasteiger partial charge is 0.480 e. The number of Topliss-reactive ketones (excluding diaryl/α,β-unsaturated/α-hetero) is 1. The number of benzene rings is 2. The molecule has 2 atom stereocenters. The van der Waals surface area contributed by atoms with Gasteiger partial charge in [0.25, 0.3) is 5.91 Å². The number of carbonyl (C=O) groups excluding carboxylic acids is 3. The Morgan fingerprint density at radius 3 is 2.37 bits per heavy atom. The van der Waals surface area contributed by atoms with Crippen molar-refractivity contribution in [2.24, 2.45) is 7.05 Å². The maximum absolute atomic E-state index is 13.1. The number of halogens is 4. The first kappa shape index (κ1) is 32.0. The molecule has 1 fully saturated rings. The normalized spacial score (nSPS) is 14.9. The van der Waals surface area contributed by atoms with E-state index in [-0.39, 0.29) is 41.1 Å². The molecule has 1 aromatic heterocycles. The van der Waals surface area contributed by atoms with E-state index in [1.54, 1.807) is 17.8 Å². The average molecular weight is 620 g/mol. The molecule has 2 aromatic carbocycles. The van der Waals surface area contributed by atoms with Gasteiger partial charge in [-0.25, -0.2) is 4.98 Å². The molecular weight excluding hydrogens is 587 g/mol. The van der Waals surface area contributed by atoms with Gasteiger partial charge >= 0.3 is 6.18 Å². The molecule has 9 nitrogen and oxygen atoms in total. The van der Waals surface area contributed by atoms with Crippen LogP contribution in [-0.2, 0) is 18.3 Å². The Morgan fingerprint density at radius 2 is 1.81 bits per heavy atom. The second-order valence-corrected chi connectivity index (χ2v) is 11.0. The van der Waals surface area contributed by atoms with Crippen molar-refractivity contribution in [3.63, 3.8) is 0 Å². The molecule has 0 aliphatic carbocycles. The maximum Gasteiger partial charge on any atom is 0.425 e. The lowest BCUT2D eigenvalue weighted by atomic mass is 10.0. The van der Waals surface area contributed by atoms with Gasteiger partial charge in [-0.15, -0.1) is 0 Å². The van der Waals surface area contributed by atoms with E-state index in [1.165, 1.54) is 25.1 Å². The van der Waals surface area contributed by atoms with Crippen LogP contribution < -0.4 is 15.4 Å². The van der Waals surface area contributed by atoms with Crippen LogP contribution in [0.5, 0.6) is 5.75 Å². The van der Waals surface area contributed by atoms with Gasteiger partial charge in [-0.2, -0.15) is 13.2 Å². The Kier molecular flexibility index (Phi) is 10.1. The van der Waals surface area contributed by atoms with Gasteiger partial charge in [0.05, 0.1) is 23.3 Å². The zero-order chi connectivity index (χ0) is 31.3. The number of hydrogen-bond donors (Lipinski definition) is 2. The molecule has 3 aromatic rings. The second-order valence-electron chi connectivity index (χ2n) is 10.6. The van der Waals surface area contributed by atoms with Crippen LogP contribution in [0, 0.1) is 0 Å². The summed E-state index contributed by atoms with van der Waals surface area (Å²) in [4.78, 5) is 43.8. The molecule has 43 heavy (non-hydrogen) atoms.